The monoisotopic (exact) mass is 364 g/mol. The molecule has 0 bridgehead atoms. The molecule has 4 aromatic rings. The van der Waals surface area contributed by atoms with Gasteiger partial charge < -0.3 is 19.4 Å². The molecule has 0 aliphatic rings. The molecule has 4 nitrogen and oxygen atoms in total. The van der Waals surface area contributed by atoms with E-state index in [0.717, 1.165) is 38.1 Å². The van der Waals surface area contributed by atoms with Crippen LogP contribution in [0.1, 0.15) is 10.4 Å². The van der Waals surface area contributed by atoms with Crippen molar-refractivity contribution >= 4 is 28.6 Å². The van der Waals surface area contributed by atoms with Crippen LogP contribution >= 0.6 is 11.3 Å². The molecular weight excluding hydrogens is 348 g/mol. The van der Waals surface area contributed by atoms with E-state index in [9.17, 15) is 15.0 Å². The number of aldehydes is 1. The van der Waals surface area contributed by atoms with Gasteiger partial charge in [-0.2, -0.15) is 0 Å². The third-order valence-electron chi connectivity index (χ3n) is 4.28. The van der Waals surface area contributed by atoms with Crippen LogP contribution in [-0.2, 0) is 11.2 Å². The van der Waals surface area contributed by atoms with Crippen LogP contribution in [0.5, 0.6) is 11.5 Å². The Labute approximate surface area is 154 Å². The van der Waals surface area contributed by atoms with Crippen LogP contribution in [0.2, 0.25) is 0 Å². The van der Waals surface area contributed by atoms with Gasteiger partial charge in [-0.1, -0.05) is 0 Å². The highest BCUT2D eigenvalue weighted by atomic mass is 32.1. The molecule has 0 aliphatic heterocycles. The standard InChI is InChI=1S/C21H16O4S/c1-12-10-15(24)11-17-19(18-7-6-16(26-18)8-9-22)21(25-20(12)17)13-2-4-14(23)5-3-13/h2-7,9-11,23-24H,8H2,1H3. The van der Waals surface area contributed by atoms with Crippen LogP contribution in [-0.4, -0.2) is 16.5 Å². The summed E-state index contributed by atoms with van der Waals surface area (Å²) in [5, 5.41) is 20.5. The number of thiophene rings is 1. The summed E-state index contributed by atoms with van der Waals surface area (Å²) >= 11 is 1.53. The number of furan rings is 1. The maximum Gasteiger partial charge on any atom is 0.144 e. The Bertz CT molecular complexity index is 1100. The van der Waals surface area contributed by atoms with Gasteiger partial charge in [0.1, 0.15) is 29.1 Å². The zero-order valence-electron chi connectivity index (χ0n) is 14.0. The molecule has 2 aromatic carbocycles. The Hall–Kier alpha value is -3.05. The zero-order chi connectivity index (χ0) is 18.3. The molecule has 0 unspecified atom stereocenters. The van der Waals surface area contributed by atoms with Gasteiger partial charge in [0.15, 0.2) is 0 Å². The number of rotatable bonds is 4. The third kappa shape index (κ3) is 2.76. The predicted molar refractivity (Wildman–Crippen MR) is 103 cm³/mol. The minimum atomic E-state index is 0.180. The zero-order valence-corrected chi connectivity index (χ0v) is 14.8. The van der Waals surface area contributed by atoms with E-state index >= 15 is 0 Å². The SMILES string of the molecule is Cc1cc(O)cc2c(-c3ccc(CC=O)s3)c(-c3ccc(O)cc3)oc12. The molecule has 2 aromatic heterocycles. The van der Waals surface area contributed by atoms with Gasteiger partial charge in [-0.3, -0.25) is 0 Å². The van der Waals surface area contributed by atoms with Crippen molar-refractivity contribution in [2.75, 3.05) is 0 Å². The lowest BCUT2D eigenvalue weighted by Crippen LogP contribution is -1.79. The van der Waals surface area contributed by atoms with Crippen molar-refractivity contribution in [3.63, 3.8) is 0 Å². The van der Waals surface area contributed by atoms with Crippen molar-refractivity contribution in [3.05, 3.63) is 59.0 Å². The highest BCUT2D eigenvalue weighted by Gasteiger charge is 2.21. The molecule has 5 heteroatoms. The van der Waals surface area contributed by atoms with Gasteiger partial charge in [0.2, 0.25) is 0 Å². The van der Waals surface area contributed by atoms with E-state index in [1.807, 2.05) is 19.1 Å². The highest BCUT2D eigenvalue weighted by molar-refractivity contribution is 7.15. The number of hydrogen-bond acceptors (Lipinski definition) is 5. The van der Waals surface area contributed by atoms with Gasteiger partial charge in [-0.15, -0.1) is 11.3 Å². The number of phenolic OH excluding ortho intramolecular Hbond substituents is 2. The number of benzene rings is 2. The summed E-state index contributed by atoms with van der Waals surface area (Å²) in [5.74, 6) is 1.04. The summed E-state index contributed by atoms with van der Waals surface area (Å²) < 4.78 is 6.18. The summed E-state index contributed by atoms with van der Waals surface area (Å²) in [7, 11) is 0. The molecule has 0 aliphatic carbocycles. The van der Waals surface area contributed by atoms with E-state index in [1.54, 1.807) is 36.4 Å². The van der Waals surface area contributed by atoms with Crippen molar-refractivity contribution < 1.29 is 19.4 Å². The number of aryl methyl sites for hydroxylation is 1. The first-order valence-corrected chi connectivity index (χ1v) is 8.96. The first kappa shape index (κ1) is 16.4. The molecule has 0 fully saturated rings. The van der Waals surface area contributed by atoms with Gasteiger partial charge >= 0.3 is 0 Å². The van der Waals surface area contributed by atoms with E-state index in [1.165, 1.54) is 11.3 Å². The third-order valence-corrected chi connectivity index (χ3v) is 5.41. The van der Waals surface area contributed by atoms with Crippen molar-refractivity contribution in [1.29, 1.82) is 0 Å². The molecule has 4 rings (SSSR count). The largest absolute Gasteiger partial charge is 0.508 e. The molecule has 2 heterocycles. The fourth-order valence-electron chi connectivity index (χ4n) is 3.12. The Morgan fingerprint density at radius 2 is 1.81 bits per heavy atom. The number of carbonyl (C=O) groups is 1. The molecule has 0 amide bonds. The first-order valence-electron chi connectivity index (χ1n) is 8.15. The predicted octanol–water partition coefficient (Wildman–Crippen LogP) is 5.29. The minimum absolute atomic E-state index is 0.180. The Morgan fingerprint density at radius 3 is 2.54 bits per heavy atom. The second-order valence-electron chi connectivity index (χ2n) is 6.13. The maximum atomic E-state index is 10.8. The molecule has 130 valence electrons. The van der Waals surface area contributed by atoms with Crippen molar-refractivity contribution in [3.8, 4) is 33.3 Å². The number of carbonyl (C=O) groups excluding carboxylic acids is 1. The molecular formula is C21H16O4S. The molecule has 0 saturated heterocycles. The Morgan fingerprint density at radius 1 is 1.04 bits per heavy atom. The summed E-state index contributed by atoms with van der Waals surface area (Å²) in [5.41, 5.74) is 3.27. The molecule has 26 heavy (non-hydrogen) atoms. The van der Waals surface area contributed by atoms with Gasteiger partial charge in [-0.05, 0) is 61.0 Å². The number of phenols is 2. The highest BCUT2D eigenvalue weighted by Crippen LogP contribution is 2.45. The quantitative estimate of drug-likeness (QED) is 0.483. The normalized spacial score (nSPS) is 11.1. The number of hydrogen-bond donors (Lipinski definition) is 2. The maximum absolute atomic E-state index is 10.8. The van der Waals surface area contributed by atoms with E-state index in [0.29, 0.717) is 17.8 Å². The van der Waals surface area contributed by atoms with Crippen LogP contribution in [0.15, 0.2) is 52.9 Å². The first-order chi connectivity index (χ1) is 12.6. The second-order valence-corrected chi connectivity index (χ2v) is 7.30. The minimum Gasteiger partial charge on any atom is -0.508 e. The smallest absolute Gasteiger partial charge is 0.144 e. The Balaban J connectivity index is 2.02. The second kappa shape index (κ2) is 6.35. The summed E-state index contributed by atoms with van der Waals surface area (Å²) in [6, 6.07) is 14.1. The van der Waals surface area contributed by atoms with Gasteiger partial charge in [0.25, 0.3) is 0 Å². The van der Waals surface area contributed by atoms with Crippen LogP contribution in [0, 0.1) is 6.92 Å². The number of aromatic hydroxyl groups is 2. The molecule has 0 radical (unpaired) electrons. The molecule has 0 spiro atoms. The lowest BCUT2D eigenvalue weighted by atomic mass is 10.0. The number of fused-ring (bicyclic) bond motifs is 1. The van der Waals surface area contributed by atoms with Crippen molar-refractivity contribution in [2.24, 2.45) is 0 Å². The van der Waals surface area contributed by atoms with Crippen LogP contribution < -0.4 is 0 Å². The van der Waals surface area contributed by atoms with E-state index in [2.05, 4.69) is 0 Å². The molecule has 0 saturated carbocycles. The summed E-state index contributed by atoms with van der Waals surface area (Å²) in [6.45, 7) is 1.89. The van der Waals surface area contributed by atoms with Crippen molar-refractivity contribution in [1.82, 2.24) is 0 Å². The molecule has 0 atom stereocenters. The topological polar surface area (TPSA) is 70.7 Å². The lowest BCUT2D eigenvalue weighted by Gasteiger charge is -2.02. The Kier molecular flexibility index (Phi) is 4.01. The van der Waals surface area contributed by atoms with Gasteiger partial charge in [0, 0.05) is 32.7 Å². The van der Waals surface area contributed by atoms with Crippen LogP contribution in [0.3, 0.4) is 0 Å². The average Bonchev–Trinajstić information content (AvgIpc) is 3.20. The van der Waals surface area contributed by atoms with Crippen LogP contribution in [0.25, 0.3) is 32.7 Å². The average molecular weight is 364 g/mol. The van der Waals surface area contributed by atoms with Gasteiger partial charge in [-0.25, -0.2) is 0 Å². The summed E-state index contributed by atoms with van der Waals surface area (Å²) in [6.07, 6.45) is 1.26. The molecule has 2 N–H and O–H groups in total. The van der Waals surface area contributed by atoms with E-state index in [4.69, 9.17) is 4.42 Å². The summed E-state index contributed by atoms with van der Waals surface area (Å²) in [4.78, 5) is 12.8. The fourth-order valence-corrected chi connectivity index (χ4v) is 4.13. The van der Waals surface area contributed by atoms with Crippen molar-refractivity contribution in [2.45, 2.75) is 13.3 Å². The van der Waals surface area contributed by atoms with Crippen LogP contribution in [0.4, 0.5) is 0 Å². The fraction of sp³-hybridized carbons (Fsp3) is 0.0952. The van der Waals surface area contributed by atoms with Gasteiger partial charge in [0.05, 0.1) is 0 Å². The van der Waals surface area contributed by atoms with E-state index in [-0.39, 0.29) is 11.5 Å². The lowest BCUT2D eigenvalue weighted by molar-refractivity contribution is -0.107. The van der Waals surface area contributed by atoms with E-state index < -0.39 is 0 Å².